The third kappa shape index (κ3) is 4.23. The number of amides is 2. The summed E-state index contributed by atoms with van der Waals surface area (Å²) in [6.45, 7) is 2.47. The number of nitrogens with one attached hydrogen (secondary N) is 1. The Morgan fingerprint density at radius 1 is 0.971 bits per heavy atom. The topological polar surface area (TPSA) is 49.4 Å². The normalized spacial score (nSPS) is 12.5. The van der Waals surface area contributed by atoms with Gasteiger partial charge in [-0.3, -0.25) is 9.59 Å². The molecule has 0 spiro atoms. The number of hydrogen-bond acceptors (Lipinski definition) is 3. The minimum Gasteiger partial charge on any atom is -0.322 e. The van der Waals surface area contributed by atoms with Crippen molar-refractivity contribution in [3.05, 3.63) is 104 Å². The van der Waals surface area contributed by atoms with E-state index in [9.17, 15) is 9.59 Å². The lowest BCUT2D eigenvalue weighted by molar-refractivity contribution is 0.0985. The Morgan fingerprint density at radius 2 is 1.79 bits per heavy atom. The van der Waals surface area contributed by atoms with Crippen LogP contribution in [0.1, 0.15) is 31.8 Å². The van der Waals surface area contributed by atoms with Crippen LogP contribution < -0.4 is 10.2 Å². The van der Waals surface area contributed by atoms with E-state index in [2.05, 4.69) is 17.4 Å². The Kier molecular flexibility index (Phi) is 6.17. The first-order chi connectivity index (χ1) is 16.4. The molecule has 4 nitrogen and oxygen atoms in total. The summed E-state index contributed by atoms with van der Waals surface area (Å²) in [5.74, 6) is -0.417. The van der Waals surface area contributed by atoms with Crippen LogP contribution in [0.2, 0.25) is 10.0 Å². The zero-order chi connectivity index (χ0) is 23.8. The summed E-state index contributed by atoms with van der Waals surface area (Å²) in [4.78, 5) is 29.3. The monoisotopic (exact) mass is 506 g/mol. The molecule has 34 heavy (non-hydrogen) atoms. The van der Waals surface area contributed by atoms with Gasteiger partial charge in [0.15, 0.2) is 0 Å². The van der Waals surface area contributed by atoms with Crippen LogP contribution in [0.4, 0.5) is 11.4 Å². The SMILES string of the molecule is Cc1cc(NC(=O)c2cc(Cl)ccc2Cl)ccc1C(=O)N1CCc2ccccc2-c2sccc21. The van der Waals surface area contributed by atoms with E-state index in [4.69, 9.17) is 23.2 Å². The molecule has 1 aliphatic rings. The Labute approximate surface area is 211 Å². The number of rotatable bonds is 3. The number of anilines is 2. The highest BCUT2D eigenvalue weighted by Crippen LogP contribution is 2.41. The van der Waals surface area contributed by atoms with Gasteiger partial charge in [0, 0.05) is 22.8 Å². The van der Waals surface area contributed by atoms with Gasteiger partial charge < -0.3 is 10.2 Å². The second kappa shape index (κ2) is 9.26. The number of thiophene rings is 1. The largest absolute Gasteiger partial charge is 0.322 e. The number of benzene rings is 3. The third-order valence-electron chi connectivity index (χ3n) is 5.93. The lowest BCUT2D eigenvalue weighted by Crippen LogP contribution is -2.32. The maximum atomic E-state index is 13.6. The zero-order valence-electron chi connectivity index (χ0n) is 18.3. The molecule has 0 unspecified atom stereocenters. The molecule has 0 saturated heterocycles. The van der Waals surface area contributed by atoms with E-state index in [1.807, 2.05) is 35.4 Å². The fourth-order valence-corrected chi connectivity index (χ4v) is 5.57. The van der Waals surface area contributed by atoms with Crippen molar-refractivity contribution in [1.29, 1.82) is 0 Å². The summed E-state index contributed by atoms with van der Waals surface area (Å²) < 4.78 is 0. The third-order valence-corrected chi connectivity index (χ3v) is 7.44. The summed E-state index contributed by atoms with van der Waals surface area (Å²) in [6, 6.07) is 20.4. The highest BCUT2D eigenvalue weighted by atomic mass is 35.5. The van der Waals surface area contributed by atoms with Crippen molar-refractivity contribution in [3.63, 3.8) is 0 Å². The van der Waals surface area contributed by atoms with Gasteiger partial charge in [-0.05, 0) is 77.9 Å². The number of hydrogen-bond donors (Lipinski definition) is 1. The molecule has 2 heterocycles. The summed E-state index contributed by atoms with van der Waals surface area (Å²) >= 11 is 13.8. The molecule has 7 heteroatoms. The molecule has 5 rings (SSSR count). The van der Waals surface area contributed by atoms with E-state index in [1.54, 1.807) is 41.7 Å². The quantitative estimate of drug-likeness (QED) is 0.313. The van der Waals surface area contributed by atoms with Gasteiger partial charge in [-0.2, -0.15) is 0 Å². The average molecular weight is 507 g/mol. The van der Waals surface area contributed by atoms with Crippen molar-refractivity contribution in [2.75, 3.05) is 16.8 Å². The van der Waals surface area contributed by atoms with E-state index >= 15 is 0 Å². The van der Waals surface area contributed by atoms with Gasteiger partial charge in [0.05, 0.1) is 21.2 Å². The fraction of sp³-hybridized carbons (Fsp3) is 0.111. The molecule has 170 valence electrons. The molecule has 0 bridgehead atoms. The van der Waals surface area contributed by atoms with Crippen molar-refractivity contribution < 1.29 is 9.59 Å². The highest BCUT2D eigenvalue weighted by Gasteiger charge is 2.27. The van der Waals surface area contributed by atoms with Crippen LogP contribution in [0.25, 0.3) is 10.4 Å². The number of fused-ring (bicyclic) bond motifs is 3. The van der Waals surface area contributed by atoms with Crippen LogP contribution in [-0.4, -0.2) is 18.4 Å². The molecule has 1 aliphatic heterocycles. The Balaban J connectivity index is 1.41. The molecule has 3 aromatic carbocycles. The molecule has 0 aliphatic carbocycles. The summed E-state index contributed by atoms with van der Waals surface area (Å²) in [7, 11) is 0. The summed E-state index contributed by atoms with van der Waals surface area (Å²) in [6.07, 6.45) is 0.789. The van der Waals surface area contributed by atoms with Gasteiger partial charge in [-0.1, -0.05) is 47.5 Å². The molecule has 0 saturated carbocycles. The van der Waals surface area contributed by atoms with Crippen LogP contribution in [0, 0.1) is 6.92 Å². The molecule has 0 fully saturated rings. The maximum absolute atomic E-state index is 13.6. The first kappa shape index (κ1) is 22.7. The number of nitrogens with zero attached hydrogens (tertiary/aromatic N) is 1. The number of carbonyl (C=O) groups is 2. The Morgan fingerprint density at radius 3 is 2.62 bits per heavy atom. The van der Waals surface area contributed by atoms with Crippen LogP contribution in [0.5, 0.6) is 0 Å². The van der Waals surface area contributed by atoms with Gasteiger partial charge in [-0.15, -0.1) is 11.3 Å². The summed E-state index contributed by atoms with van der Waals surface area (Å²) in [5.41, 5.74) is 5.62. The first-order valence-electron chi connectivity index (χ1n) is 10.8. The van der Waals surface area contributed by atoms with Gasteiger partial charge in [0.1, 0.15) is 0 Å². The van der Waals surface area contributed by atoms with Crippen molar-refractivity contribution in [1.82, 2.24) is 0 Å². The summed E-state index contributed by atoms with van der Waals surface area (Å²) in [5, 5.41) is 5.62. The minimum atomic E-state index is -0.362. The van der Waals surface area contributed by atoms with Crippen LogP contribution in [-0.2, 0) is 6.42 Å². The molecule has 4 aromatic rings. The molecular formula is C27H20Cl2N2O2S. The minimum absolute atomic E-state index is 0.0549. The zero-order valence-corrected chi connectivity index (χ0v) is 20.6. The second-order valence-corrected chi connectivity index (χ2v) is 9.87. The Hall–Kier alpha value is -3.12. The highest BCUT2D eigenvalue weighted by molar-refractivity contribution is 7.14. The van der Waals surface area contributed by atoms with E-state index in [0.29, 0.717) is 33.4 Å². The number of halogens is 2. The van der Waals surface area contributed by atoms with Crippen molar-refractivity contribution in [2.45, 2.75) is 13.3 Å². The molecule has 0 atom stereocenters. The van der Waals surface area contributed by atoms with Crippen molar-refractivity contribution in [3.8, 4) is 10.4 Å². The van der Waals surface area contributed by atoms with E-state index in [0.717, 1.165) is 22.5 Å². The second-order valence-electron chi connectivity index (χ2n) is 8.11. The lowest BCUT2D eigenvalue weighted by atomic mass is 10.0. The molecule has 1 N–H and O–H groups in total. The number of carbonyl (C=O) groups excluding carboxylic acids is 2. The standard InChI is InChI=1S/C27H20Cl2N2O2S/c1-16-14-19(30-26(32)22-15-18(28)6-9-23(22)29)7-8-20(16)27(33)31-12-10-17-4-2-3-5-21(17)25-24(31)11-13-34-25/h2-9,11,13-15H,10,12H2,1H3,(H,30,32). The van der Waals surface area contributed by atoms with Gasteiger partial charge in [0.2, 0.25) is 0 Å². The molecular weight excluding hydrogens is 487 g/mol. The average Bonchev–Trinajstić information content (AvgIpc) is 3.24. The van der Waals surface area contributed by atoms with Crippen LogP contribution in [0.3, 0.4) is 0 Å². The first-order valence-corrected chi connectivity index (χ1v) is 12.4. The van der Waals surface area contributed by atoms with Crippen LogP contribution in [0.15, 0.2) is 72.1 Å². The van der Waals surface area contributed by atoms with Crippen molar-refractivity contribution in [2.24, 2.45) is 0 Å². The van der Waals surface area contributed by atoms with Crippen molar-refractivity contribution >= 4 is 57.7 Å². The van der Waals surface area contributed by atoms with E-state index < -0.39 is 0 Å². The van der Waals surface area contributed by atoms with Gasteiger partial charge >= 0.3 is 0 Å². The maximum Gasteiger partial charge on any atom is 0.258 e. The van der Waals surface area contributed by atoms with E-state index in [-0.39, 0.29) is 11.8 Å². The van der Waals surface area contributed by atoms with Gasteiger partial charge in [-0.25, -0.2) is 0 Å². The predicted octanol–water partition coefficient (Wildman–Crippen LogP) is 7.49. The van der Waals surface area contributed by atoms with E-state index in [1.165, 1.54) is 17.2 Å². The lowest BCUT2D eigenvalue weighted by Gasteiger charge is -2.22. The predicted molar refractivity (Wildman–Crippen MR) is 141 cm³/mol. The van der Waals surface area contributed by atoms with Crippen LogP contribution >= 0.6 is 34.5 Å². The smallest absolute Gasteiger partial charge is 0.258 e. The molecule has 0 radical (unpaired) electrons. The molecule has 2 amide bonds. The molecule has 1 aromatic heterocycles. The number of aryl methyl sites for hydroxylation is 1. The van der Waals surface area contributed by atoms with Gasteiger partial charge in [0.25, 0.3) is 11.8 Å². The fourth-order valence-electron chi connectivity index (χ4n) is 4.24. The Bertz CT molecular complexity index is 1430.